The molecule has 3 N–H and O–H groups in total. The largest absolute Gasteiger partial charge is 0.385 e. The first-order chi connectivity index (χ1) is 15.9. The lowest BCUT2D eigenvalue weighted by Gasteiger charge is -2.30. The van der Waals surface area contributed by atoms with Crippen molar-refractivity contribution in [2.24, 2.45) is 5.92 Å². The van der Waals surface area contributed by atoms with Crippen LogP contribution in [0.4, 0.5) is 17.2 Å². The number of pyridine rings is 1. The minimum atomic E-state index is 0.669. The third kappa shape index (κ3) is 3.69. The molecule has 1 aliphatic carbocycles. The van der Waals surface area contributed by atoms with Crippen molar-refractivity contribution in [1.29, 1.82) is 0 Å². The molecule has 7 nitrogen and oxygen atoms in total. The standard InChI is InChI=1S/C25H27N7/c1-2-4-18(5-3-1)29-21-15-27-9-8-19(21)24-30-22-16-28-14-20(17-6-7-17)23(22)25(31-24)32-12-10-26-11-13-32/h1-5,8-9,15-17,26,28-29H,6-7,10-14H2. The predicted molar refractivity (Wildman–Crippen MR) is 128 cm³/mol. The zero-order valence-electron chi connectivity index (χ0n) is 18.0. The molecule has 0 bridgehead atoms. The van der Waals surface area contributed by atoms with Crippen LogP contribution in [0.3, 0.4) is 0 Å². The summed E-state index contributed by atoms with van der Waals surface area (Å²) in [6.45, 7) is 4.77. The number of aromatic nitrogens is 3. The molecule has 0 amide bonds. The lowest BCUT2D eigenvalue weighted by molar-refractivity contribution is 0.583. The fourth-order valence-corrected chi connectivity index (χ4v) is 4.60. The maximum Gasteiger partial charge on any atom is 0.164 e. The summed E-state index contributed by atoms with van der Waals surface area (Å²) in [5.41, 5.74) is 4.34. The number of benzene rings is 1. The number of hydrogen-bond acceptors (Lipinski definition) is 7. The summed E-state index contributed by atoms with van der Waals surface area (Å²) in [4.78, 5) is 17.0. The van der Waals surface area contributed by atoms with Crippen molar-refractivity contribution >= 4 is 29.0 Å². The highest BCUT2D eigenvalue weighted by Gasteiger charge is 2.30. The van der Waals surface area contributed by atoms with E-state index in [0.717, 1.165) is 66.7 Å². The summed E-state index contributed by atoms with van der Waals surface area (Å²) in [5, 5.41) is 12.7. The molecular weight excluding hydrogens is 398 g/mol. The summed E-state index contributed by atoms with van der Waals surface area (Å²) in [6, 6.07) is 12.1. The number of nitrogens with one attached hydrogen (secondary N) is 3. The van der Waals surface area contributed by atoms with Gasteiger partial charge in [0.25, 0.3) is 0 Å². The highest BCUT2D eigenvalue weighted by molar-refractivity contribution is 5.77. The Morgan fingerprint density at radius 1 is 1.00 bits per heavy atom. The molecule has 1 saturated carbocycles. The van der Waals surface area contributed by atoms with E-state index in [4.69, 9.17) is 9.97 Å². The van der Waals surface area contributed by atoms with Crippen LogP contribution in [0, 0.1) is 5.92 Å². The van der Waals surface area contributed by atoms with Gasteiger partial charge in [-0.2, -0.15) is 0 Å². The first-order valence-corrected chi connectivity index (χ1v) is 11.4. The number of hydrogen-bond donors (Lipinski definition) is 3. The van der Waals surface area contributed by atoms with Gasteiger partial charge in [-0.15, -0.1) is 0 Å². The van der Waals surface area contributed by atoms with Crippen molar-refractivity contribution in [2.75, 3.05) is 42.9 Å². The van der Waals surface area contributed by atoms with Crippen molar-refractivity contribution in [3.63, 3.8) is 0 Å². The van der Waals surface area contributed by atoms with E-state index in [2.05, 4.69) is 32.0 Å². The minimum absolute atomic E-state index is 0.669. The summed E-state index contributed by atoms with van der Waals surface area (Å²) in [5.74, 6) is 2.48. The van der Waals surface area contributed by atoms with Crippen LogP contribution >= 0.6 is 0 Å². The van der Waals surface area contributed by atoms with Crippen LogP contribution in [0.15, 0.2) is 48.8 Å². The van der Waals surface area contributed by atoms with E-state index in [1.54, 1.807) is 0 Å². The van der Waals surface area contributed by atoms with Gasteiger partial charge in [-0.05, 0) is 42.5 Å². The Bertz CT molecular complexity index is 1250. The minimum Gasteiger partial charge on any atom is -0.385 e. The average Bonchev–Trinajstić information content (AvgIpc) is 3.70. The van der Waals surface area contributed by atoms with E-state index in [9.17, 15) is 0 Å². The molecule has 2 aliphatic heterocycles. The quantitative estimate of drug-likeness (QED) is 0.573. The Kier molecular flexibility index (Phi) is 4.96. The molecular formula is C25H27N7. The molecule has 4 heterocycles. The van der Waals surface area contributed by atoms with Gasteiger partial charge in [-0.25, -0.2) is 9.97 Å². The van der Waals surface area contributed by atoms with Gasteiger partial charge in [0.15, 0.2) is 5.82 Å². The zero-order valence-corrected chi connectivity index (χ0v) is 18.0. The number of piperazine rings is 1. The second-order valence-electron chi connectivity index (χ2n) is 8.61. The lowest BCUT2D eigenvalue weighted by atomic mass is 10.1. The highest BCUT2D eigenvalue weighted by atomic mass is 15.2. The first kappa shape index (κ1) is 19.3. The van der Waals surface area contributed by atoms with Crippen molar-refractivity contribution in [1.82, 2.24) is 25.6 Å². The number of nitrogens with zero attached hydrogens (tertiary/aromatic N) is 4. The molecule has 0 spiro atoms. The maximum absolute atomic E-state index is 5.19. The SMILES string of the molecule is C1=c2nc(-c3ccncc3Nc3ccccc3)nc(N3CCNCC3)c2=C(C2CC2)CN1. The number of rotatable bonds is 5. The second-order valence-corrected chi connectivity index (χ2v) is 8.61. The van der Waals surface area contributed by atoms with Crippen molar-refractivity contribution < 1.29 is 0 Å². The van der Waals surface area contributed by atoms with Crippen molar-refractivity contribution in [2.45, 2.75) is 12.8 Å². The van der Waals surface area contributed by atoms with E-state index in [0.29, 0.717) is 5.92 Å². The fraction of sp³-hybridized carbons (Fsp3) is 0.320. The third-order valence-corrected chi connectivity index (χ3v) is 6.37. The van der Waals surface area contributed by atoms with Gasteiger partial charge in [-0.1, -0.05) is 18.2 Å². The Morgan fingerprint density at radius 2 is 1.84 bits per heavy atom. The van der Waals surface area contributed by atoms with Crippen molar-refractivity contribution in [3.05, 3.63) is 59.4 Å². The molecule has 2 fully saturated rings. The molecule has 3 aromatic rings. The van der Waals surface area contributed by atoms with Crippen LogP contribution in [0.25, 0.3) is 23.2 Å². The van der Waals surface area contributed by atoms with Gasteiger partial charge in [-0.3, -0.25) is 4.98 Å². The number of para-hydroxylation sites is 1. The van der Waals surface area contributed by atoms with Crippen molar-refractivity contribution in [3.8, 4) is 11.4 Å². The average molecular weight is 426 g/mol. The van der Waals surface area contributed by atoms with Crippen LogP contribution in [0.5, 0.6) is 0 Å². The molecule has 0 radical (unpaired) electrons. The van der Waals surface area contributed by atoms with Gasteiger partial charge in [0, 0.05) is 61.6 Å². The van der Waals surface area contributed by atoms with E-state index in [1.165, 1.54) is 23.6 Å². The zero-order chi connectivity index (χ0) is 21.3. The van der Waals surface area contributed by atoms with Gasteiger partial charge in [0.2, 0.25) is 0 Å². The molecule has 1 aromatic carbocycles. The fourth-order valence-electron chi connectivity index (χ4n) is 4.60. The molecule has 1 saturated heterocycles. The van der Waals surface area contributed by atoms with Crippen LogP contribution in [-0.4, -0.2) is 47.7 Å². The molecule has 2 aromatic heterocycles. The Hall–Kier alpha value is -3.45. The van der Waals surface area contributed by atoms with Crippen LogP contribution in [0.1, 0.15) is 12.8 Å². The lowest BCUT2D eigenvalue weighted by Crippen LogP contribution is -2.50. The van der Waals surface area contributed by atoms with Crippen LogP contribution in [0.2, 0.25) is 0 Å². The Morgan fingerprint density at radius 3 is 2.66 bits per heavy atom. The third-order valence-electron chi connectivity index (χ3n) is 6.37. The van der Waals surface area contributed by atoms with Gasteiger partial charge in [0.05, 0.1) is 17.2 Å². The molecule has 162 valence electrons. The first-order valence-electron chi connectivity index (χ1n) is 11.4. The van der Waals surface area contributed by atoms with E-state index in [-0.39, 0.29) is 0 Å². The molecule has 3 aliphatic rings. The molecule has 7 heteroatoms. The normalized spacial score (nSPS) is 17.9. The molecule has 32 heavy (non-hydrogen) atoms. The Balaban J connectivity index is 1.52. The van der Waals surface area contributed by atoms with Crippen LogP contribution < -0.4 is 31.4 Å². The Labute approximate surface area is 187 Å². The summed E-state index contributed by atoms with van der Waals surface area (Å²) < 4.78 is 0. The topological polar surface area (TPSA) is 78.0 Å². The van der Waals surface area contributed by atoms with E-state index < -0.39 is 0 Å². The summed E-state index contributed by atoms with van der Waals surface area (Å²) >= 11 is 0. The number of anilines is 3. The van der Waals surface area contributed by atoms with Gasteiger partial charge < -0.3 is 20.9 Å². The van der Waals surface area contributed by atoms with E-state index >= 15 is 0 Å². The highest BCUT2D eigenvalue weighted by Crippen LogP contribution is 2.37. The molecule has 6 rings (SSSR count). The second kappa shape index (κ2) is 8.24. The predicted octanol–water partition coefficient (Wildman–Crippen LogP) is 1.59. The summed E-state index contributed by atoms with van der Waals surface area (Å²) in [7, 11) is 0. The smallest absolute Gasteiger partial charge is 0.164 e. The maximum atomic E-state index is 5.19. The van der Waals surface area contributed by atoms with Gasteiger partial charge in [0.1, 0.15) is 5.82 Å². The summed E-state index contributed by atoms with van der Waals surface area (Å²) in [6.07, 6.45) is 8.26. The van der Waals surface area contributed by atoms with E-state index in [1.807, 2.05) is 48.8 Å². The number of fused-ring (bicyclic) bond motifs is 1. The van der Waals surface area contributed by atoms with Gasteiger partial charge >= 0.3 is 0 Å². The monoisotopic (exact) mass is 425 g/mol. The van der Waals surface area contributed by atoms with Crippen LogP contribution in [-0.2, 0) is 0 Å². The molecule has 0 atom stereocenters. The molecule has 0 unspecified atom stereocenters.